The fourth-order valence-electron chi connectivity index (χ4n) is 1.14. The highest BCUT2D eigenvalue weighted by atomic mass is 35.5. The highest BCUT2D eigenvalue weighted by molar-refractivity contribution is 7.21. The molecule has 0 aliphatic carbocycles. The Morgan fingerprint density at radius 1 is 1.79 bits per heavy atom. The van der Waals surface area contributed by atoms with Gasteiger partial charge in [-0.3, -0.25) is 4.40 Å². The van der Waals surface area contributed by atoms with Crippen molar-refractivity contribution in [3.05, 3.63) is 22.6 Å². The second-order valence-electron chi connectivity index (χ2n) is 2.55. The van der Waals surface area contributed by atoms with Crippen LogP contribution in [-0.2, 0) is 4.74 Å². The number of carbonyl (C=O) groups excluding carboxylic acids is 1. The molecule has 2 rings (SSSR count). The fraction of sp³-hybridized carbons (Fsp3) is 0.250. The molecule has 0 radical (unpaired) electrons. The second kappa shape index (κ2) is 3.59. The molecule has 0 aliphatic rings. The maximum atomic E-state index is 11.5. The maximum Gasteiger partial charge on any atom is 0.357 e. The van der Waals surface area contributed by atoms with E-state index < -0.39 is 5.97 Å². The number of aromatic nitrogens is 2. The van der Waals surface area contributed by atoms with Gasteiger partial charge < -0.3 is 4.74 Å². The topological polar surface area (TPSA) is 43.6 Å². The molecule has 0 fully saturated rings. The summed E-state index contributed by atoms with van der Waals surface area (Å²) in [7, 11) is 0. The minimum Gasteiger partial charge on any atom is -0.461 e. The van der Waals surface area contributed by atoms with Crippen molar-refractivity contribution in [2.24, 2.45) is 0 Å². The van der Waals surface area contributed by atoms with Crippen molar-refractivity contribution in [1.82, 2.24) is 9.38 Å². The standard InChI is InChI=1S/C8H7ClN2O2S/c1-2-13-8(12)6-7(9)14-5-3-10-4-11(5)6/h3-4H,2H2,1H3. The van der Waals surface area contributed by atoms with Crippen LogP contribution >= 0.6 is 22.9 Å². The van der Waals surface area contributed by atoms with Gasteiger partial charge in [0.1, 0.15) is 15.5 Å². The zero-order chi connectivity index (χ0) is 10.1. The third kappa shape index (κ3) is 1.38. The Labute approximate surface area is 89.1 Å². The number of hydrogen-bond acceptors (Lipinski definition) is 4. The quantitative estimate of drug-likeness (QED) is 0.743. The summed E-state index contributed by atoms with van der Waals surface area (Å²) in [4.78, 5) is 16.2. The van der Waals surface area contributed by atoms with Gasteiger partial charge in [0.15, 0.2) is 5.69 Å². The van der Waals surface area contributed by atoms with Gasteiger partial charge in [-0.1, -0.05) is 11.6 Å². The van der Waals surface area contributed by atoms with E-state index in [1.165, 1.54) is 11.3 Å². The number of fused-ring (bicyclic) bond motifs is 1. The van der Waals surface area contributed by atoms with Crippen LogP contribution in [0.15, 0.2) is 12.5 Å². The summed E-state index contributed by atoms with van der Waals surface area (Å²) in [6.45, 7) is 2.09. The van der Waals surface area contributed by atoms with Gasteiger partial charge in [-0.15, -0.1) is 11.3 Å². The molecule has 6 heteroatoms. The predicted octanol–water partition coefficient (Wildman–Crippen LogP) is 2.23. The zero-order valence-corrected chi connectivity index (χ0v) is 8.93. The molecule has 0 bridgehead atoms. The average molecular weight is 231 g/mol. The molecule has 0 amide bonds. The van der Waals surface area contributed by atoms with Crippen LogP contribution in [0.3, 0.4) is 0 Å². The van der Waals surface area contributed by atoms with Gasteiger partial charge >= 0.3 is 5.97 Å². The van der Waals surface area contributed by atoms with Gasteiger partial charge in [-0.2, -0.15) is 0 Å². The molecule has 0 atom stereocenters. The average Bonchev–Trinajstić information content (AvgIpc) is 2.63. The van der Waals surface area contributed by atoms with Gasteiger partial charge in [0.05, 0.1) is 12.8 Å². The third-order valence-corrected chi connectivity index (χ3v) is 2.99. The van der Waals surface area contributed by atoms with E-state index in [4.69, 9.17) is 16.3 Å². The molecule has 0 unspecified atom stereocenters. The highest BCUT2D eigenvalue weighted by Gasteiger charge is 2.18. The summed E-state index contributed by atoms with van der Waals surface area (Å²) in [5.74, 6) is -0.415. The van der Waals surface area contributed by atoms with Gasteiger partial charge in [0.25, 0.3) is 0 Å². The van der Waals surface area contributed by atoms with E-state index in [1.807, 2.05) is 0 Å². The van der Waals surface area contributed by atoms with Crippen molar-refractivity contribution in [2.75, 3.05) is 6.61 Å². The number of halogens is 1. The number of nitrogens with zero attached hydrogens (tertiary/aromatic N) is 2. The van der Waals surface area contributed by atoms with E-state index in [0.29, 0.717) is 16.6 Å². The van der Waals surface area contributed by atoms with Crippen LogP contribution in [-0.4, -0.2) is 22.0 Å². The monoisotopic (exact) mass is 230 g/mol. The summed E-state index contributed by atoms with van der Waals surface area (Å²) in [5.41, 5.74) is 0.353. The smallest absolute Gasteiger partial charge is 0.357 e. The molecule has 2 aromatic rings. The van der Waals surface area contributed by atoms with Crippen LogP contribution < -0.4 is 0 Å². The largest absolute Gasteiger partial charge is 0.461 e. The van der Waals surface area contributed by atoms with Crippen molar-refractivity contribution in [1.29, 1.82) is 0 Å². The lowest BCUT2D eigenvalue weighted by atomic mass is 10.5. The van der Waals surface area contributed by atoms with Crippen molar-refractivity contribution in [2.45, 2.75) is 6.92 Å². The number of esters is 1. The maximum absolute atomic E-state index is 11.5. The Bertz CT molecular complexity index is 477. The first-order valence-corrected chi connectivity index (χ1v) is 5.21. The van der Waals surface area contributed by atoms with Crippen LogP contribution in [0.1, 0.15) is 17.4 Å². The van der Waals surface area contributed by atoms with Gasteiger partial charge in [-0.25, -0.2) is 9.78 Å². The molecule has 14 heavy (non-hydrogen) atoms. The SMILES string of the molecule is CCOC(=O)c1c(Cl)sc2cncn12. The summed E-state index contributed by atoms with van der Waals surface area (Å²) in [6.07, 6.45) is 3.20. The van der Waals surface area contributed by atoms with E-state index in [2.05, 4.69) is 4.98 Å². The molecule has 0 spiro atoms. The van der Waals surface area contributed by atoms with Crippen molar-refractivity contribution >= 4 is 33.7 Å². The Morgan fingerprint density at radius 3 is 3.29 bits per heavy atom. The molecule has 0 saturated carbocycles. The molecule has 0 aliphatic heterocycles. The molecule has 0 N–H and O–H groups in total. The molecule has 4 nitrogen and oxygen atoms in total. The van der Waals surface area contributed by atoms with E-state index in [1.54, 1.807) is 23.8 Å². The molecule has 2 heterocycles. The number of ether oxygens (including phenoxy) is 1. The molecular formula is C8H7ClN2O2S. The minimum absolute atomic E-state index is 0.335. The van der Waals surface area contributed by atoms with Crippen LogP contribution in [0.2, 0.25) is 4.34 Å². The zero-order valence-electron chi connectivity index (χ0n) is 7.36. The van der Waals surface area contributed by atoms with E-state index >= 15 is 0 Å². The number of carbonyl (C=O) groups is 1. The normalized spacial score (nSPS) is 10.7. The Hall–Kier alpha value is -1.07. The second-order valence-corrected chi connectivity index (χ2v) is 4.18. The van der Waals surface area contributed by atoms with Crippen LogP contribution in [0.4, 0.5) is 0 Å². The van der Waals surface area contributed by atoms with Gasteiger partial charge in [-0.05, 0) is 6.92 Å². The lowest BCUT2D eigenvalue weighted by molar-refractivity contribution is 0.0519. The molecule has 2 aromatic heterocycles. The highest BCUT2D eigenvalue weighted by Crippen LogP contribution is 2.28. The van der Waals surface area contributed by atoms with Gasteiger partial charge in [0, 0.05) is 0 Å². The van der Waals surface area contributed by atoms with Crippen LogP contribution in [0.5, 0.6) is 0 Å². The number of hydrogen-bond donors (Lipinski definition) is 0. The van der Waals surface area contributed by atoms with E-state index in [9.17, 15) is 4.79 Å². The Morgan fingerprint density at radius 2 is 2.57 bits per heavy atom. The predicted molar refractivity (Wildman–Crippen MR) is 54.0 cm³/mol. The van der Waals surface area contributed by atoms with Crippen LogP contribution in [0, 0.1) is 0 Å². The molecular weight excluding hydrogens is 224 g/mol. The summed E-state index contributed by atoms with van der Waals surface area (Å²) in [6, 6.07) is 0. The number of imidazole rings is 1. The summed E-state index contributed by atoms with van der Waals surface area (Å²) >= 11 is 7.21. The summed E-state index contributed by atoms with van der Waals surface area (Å²) in [5, 5.41) is 0. The number of thiazole rings is 1. The number of rotatable bonds is 2. The lowest BCUT2D eigenvalue weighted by Gasteiger charge is -1.99. The first-order valence-electron chi connectivity index (χ1n) is 4.01. The molecule has 74 valence electrons. The van der Waals surface area contributed by atoms with E-state index in [0.717, 1.165) is 4.83 Å². The first-order chi connectivity index (χ1) is 6.74. The molecule has 0 aromatic carbocycles. The Kier molecular flexibility index (Phi) is 2.43. The minimum atomic E-state index is -0.415. The fourth-order valence-corrected chi connectivity index (χ4v) is 2.36. The first kappa shape index (κ1) is 9.48. The molecule has 0 saturated heterocycles. The summed E-state index contributed by atoms with van der Waals surface area (Å²) < 4.78 is 6.94. The van der Waals surface area contributed by atoms with Crippen molar-refractivity contribution in [3.8, 4) is 0 Å². The van der Waals surface area contributed by atoms with Gasteiger partial charge in [0.2, 0.25) is 0 Å². The Balaban J connectivity index is 2.53. The van der Waals surface area contributed by atoms with E-state index in [-0.39, 0.29) is 0 Å². The van der Waals surface area contributed by atoms with Crippen LogP contribution in [0.25, 0.3) is 4.83 Å². The lowest BCUT2D eigenvalue weighted by Crippen LogP contribution is -2.07. The van der Waals surface area contributed by atoms with Crippen molar-refractivity contribution < 1.29 is 9.53 Å². The third-order valence-electron chi connectivity index (χ3n) is 1.69. The van der Waals surface area contributed by atoms with Crippen molar-refractivity contribution in [3.63, 3.8) is 0 Å².